The van der Waals surface area contributed by atoms with E-state index < -0.39 is 33.5 Å². The predicted molar refractivity (Wildman–Crippen MR) is 131 cm³/mol. The van der Waals surface area contributed by atoms with Crippen LogP contribution in [0.2, 0.25) is 0 Å². The molecule has 0 bridgehead atoms. The number of carbonyl (C=O) groups excluding carboxylic acids is 1. The summed E-state index contributed by atoms with van der Waals surface area (Å²) in [6.45, 7) is -0.367. The molecule has 184 valence electrons. The van der Waals surface area contributed by atoms with E-state index in [2.05, 4.69) is 15.4 Å². The number of halogens is 3. The van der Waals surface area contributed by atoms with Gasteiger partial charge in [0.25, 0.3) is 10.0 Å². The van der Waals surface area contributed by atoms with E-state index in [-0.39, 0.29) is 22.7 Å². The van der Waals surface area contributed by atoms with Crippen molar-refractivity contribution in [2.45, 2.75) is 11.4 Å². The molecule has 2 amide bonds. The highest BCUT2D eigenvalue weighted by Gasteiger charge is 2.19. The average molecular weight is 512 g/mol. The number of amides is 2. The van der Waals surface area contributed by atoms with Crippen LogP contribution in [0.15, 0.2) is 95.9 Å². The van der Waals surface area contributed by atoms with Crippen LogP contribution in [0.5, 0.6) is 0 Å². The zero-order chi connectivity index (χ0) is 25.7. The molecule has 0 spiro atoms. The van der Waals surface area contributed by atoms with Gasteiger partial charge in [0.2, 0.25) is 0 Å². The second-order valence-electron chi connectivity index (χ2n) is 7.71. The normalized spacial score (nSPS) is 11.1. The van der Waals surface area contributed by atoms with Gasteiger partial charge in [-0.15, -0.1) is 0 Å². The number of rotatable bonds is 7. The van der Waals surface area contributed by atoms with E-state index in [1.54, 1.807) is 18.2 Å². The van der Waals surface area contributed by atoms with Gasteiger partial charge in [0.05, 0.1) is 4.90 Å². The van der Waals surface area contributed by atoms with E-state index in [9.17, 15) is 26.4 Å². The predicted octanol–water partition coefficient (Wildman–Crippen LogP) is 5.89. The summed E-state index contributed by atoms with van der Waals surface area (Å²) in [5.41, 5.74) is 1.69. The molecule has 6 nitrogen and oxygen atoms in total. The van der Waals surface area contributed by atoms with Gasteiger partial charge in [-0.1, -0.05) is 48.5 Å². The van der Waals surface area contributed by atoms with Crippen LogP contribution in [-0.2, 0) is 16.6 Å². The van der Waals surface area contributed by atoms with Crippen molar-refractivity contribution in [3.05, 3.63) is 114 Å². The molecule has 0 saturated carbocycles. The Balaban J connectivity index is 1.41. The van der Waals surface area contributed by atoms with Crippen molar-refractivity contribution in [3.63, 3.8) is 0 Å². The highest BCUT2D eigenvalue weighted by Crippen LogP contribution is 2.28. The quantitative estimate of drug-likeness (QED) is 0.270. The number of anilines is 2. The number of sulfonamides is 1. The Morgan fingerprint density at radius 2 is 1.33 bits per heavy atom. The Kier molecular flexibility index (Phi) is 7.25. The number of hydrogen-bond acceptors (Lipinski definition) is 3. The molecule has 4 aromatic carbocycles. The first-order chi connectivity index (χ1) is 17.2. The van der Waals surface area contributed by atoms with Crippen LogP contribution < -0.4 is 15.4 Å². The van der Waals surface area contributed by atoms with Crippen molar-refractivity contribution < 1.29 is 26.4 Å². The van der Waals surface area contributed by atoms with Crippen molar-refractivity contribution in [1.82, 2.24) is 5.32 Å². The Bertz CT molecular complexity index is 1500. The largest absolute Gasteiger partial charge is 0.334 e. The highest BCUT2D eigenvalue weighted by molar-refractivity contribution is 7.92. The van der Waals surface area contributed by atoms with Gasteiger partial charge in [0.15, 0.2) is 11.6 Å². The van der Waals surface area contributed by atoms with E-state index in [1.807, 2.05) is 30.3 Å². The van der Waals surface area contributed by atoms with Gasteiger partial charge in [-0.25, -0.2) is 26.4 Å². The number of benzene rings is 4. The summed E-state index contributed by atoms with van der Waals surface area (Å²) in [5, 5.41) is 4.83. The van der Waals surface area contributed by atoms with E-state index in [0.29, 0.717) is 23.4 Å². The zero-order valence-corrected chi connectivity index (χ0v) is 19.5. The third-order valence-corrected chi connectivity index (χ3v) is 6.62. The highest BCUT2D eigenvalue weighted by atomic mass is 32.2. The molecule has 0 aromatic heterocycles. The van der Waals surface area contributed by atoms with Gasteiger partial charge in [-0.3, -0.25) is 4.72 Å². The fourth-order valence-corrected chi connectivity index (χ4v) is 4.73. The van der Waals surface area contributed by atoms with Gasteiger partial charge in [-0.2, -0.15) is 0 Å². The summed E-state index contributed by atoms with van der Waals surface area (Å²) in [6.07, 6.45) is 0. The van der Waals surface area contributed by atoms with Crippen LogP contribution in [0.25, 0.3) is 11.1 Å². The first-order valence-electron chi connectivity index (χ1n) is 10.7. The lowest BCUT2D eigenvalue weighted by molar-refractivity contribution is 0.251. The molecule has 0 aliphatic rings. The molecule has 0 saturated heterocycles. The van der Waals surface area contributed by atoms with Gasteiger partial charge in [0.1, 0.15) is 5.82 Å². The van der Waals surface area contributed by atoms with Crippen molar-refractivity contribution >= 4 is 27.4 Å². The Hall–Kier alpha value is -4.31. The minimum absolute atomic E-state index is 0.113. The van der Waals surface area contributed by atoms with E-state index >= 15 is 0 Å². The zero-order valence-electron chi connectivity index (χ0n) is 18.6. The number of hydrogen-bond donors (Lipinski definition) is 3. The third kappa shape index (κ3) is 5.84. The van der Waals surface area contributed by atoms with Crippen LogP contribution in [0.3, 0.4) is 0 Å². The van der Waals surface area contributed by atoms with E-state index in [1.165, 1.54) is 30.3 Å². The van der Waals surface area contributed by atoms with Crippen LogP contribution in [0.1, 0.15) is 5.56 Å². The standard InChI is InChI=1S/C26H20F3N3O3S/c27-22-15-24(29)23(28)14-18(22)16-30-26(33)31-19-10-12-20(13-11-19)32-36(34,35)25-9-5-4-8-21(25)17-6-2-1-3-7-17/h1-15,32H,16H2,(H2,30,31,33). The van der Waals surface area contributed by atoms with Gasteiger partial charge < -0.3 is 10.6 Å². The fraction of sp³-hybridized carbons (Fsp3) is 0.0385. The average Bonchev–Trinajstić information content (AvgIpc) is 2.87. The maximum Gasteiger partial charge on any atom is 0.319 e. The molecule has 0 heterocycles. The van der Waals surface area contributed by atoms with Gasteiger partial charge in [-0.05, 0) is 42.0 Å². The smallest absolute Gasteiger partial charge is 0.319 e. The lowest BCUT2D eigenvalue weighted by Crippen LogP contribution is -2.28. The molecule has 3 N–H and O–H groups in total. The molecule has 4 aromatic rings. The summed E-state index contributed by atoms with van der Waals surface area (Å²) < 4.78 is 68.7. The maximum atomic E-state index is 13.7. The van der Waals surface area contributed by atoms with E-state index in [0.717, 1.165) is 5.56 Å². The first kappa shape index (κ1) is 24.8. The Morgan fingerprint density at radius 3 is 2.06 bits per heavy atom. The number of nitrogens with one attached hydrogen (secondary N) is 3. The molecule has 0 aliphatic heterocycles. The lowest BCUT2D eigenvalue weighted by Gasteiger charge is -2.13. The molecule has 0 unspecified atom stereocenters. The SMILES string of the molecule is O=C(NCc1cc(F)c(F)cc1F)Nc1ccc(NS(=O)(=O)c2ccccc2-c2ccccc2)cc1. The molecule has 4 rings (SSSR count). The summed E-state index contributed by atoms with van der Waals surface area (Å²) in [4.78, 5) is 12.2. The molecule has 0 radical (unpaired) electrons. The first-order valence-corrected chi connectivity index (χ1v) is 12.2. The molecule has 36 heavy (non-hydrogen) atoms. The lowest BCUT2D eigenvalue weighted by atomic mass is 10.1. The van der Waals surface area contributed by atoms with Crippen LogP contribution in [-0.4, -0.2) is 14.4 Å². The molecule has 10 heteroatoms. The minimum atomic E-state index is -3.92. The fourth-order valence-electron chi connectivity index (χ4n) is 3.44. The molecular weight excluding hydrogens is 491 g/mol. The summed E-state index contributed by atoms with van der Waals surface area (Å²) >= 11 is 0. The van der Waals surface area contributed by atoms with Crippen molar-refractivity contribution in [2.75, 3.05) is 10.0 Å². The number of carbonyl (C=O) groups is 1. The monoisotopic (exact) mass is 511 g/mol. The third-order valence-electron chi connectivity index (χ3n) is 5.19. The number of urea groups is 1. The summed E-state index contributed by atoms with van der Waals surface area (Å²) in [5.74, 6) is -3.53. The Morgan fingerprint density at radius 1 is 0.722 bits per heavy atom. The molecular formula is C26H20F3N3O3S. The Labute approximate surface area is 205 Å². The van der Waals surface area contributed by atoms with E-state index in [4.69, 9.17) is 0 Å². The van der Waals surface area contributed by atoms with Gasteiger partial charge >= 0.3 is 6.03 Å². The van der Waals surface area contributed by atoms with Crippen LogP contribution in [0.4, 0.5) is 29.3 Å². The van der Waals surface area contributed by atoms with Crippen LogP contribution >= 0.6 is 0 Å². The minimum Gasteiger partial charge on any atom is -0.334 e. The van der Waals surface area contributed by atoms with Crippen molar-refractivity contribution in [2.24, 2.45) is 0 Å². The second-order valence-corrected chi connectivity index (χ2v) is 9.36. The molecule has 0 aliphatic carbocycles. The van der Waals surface area contributed by atoms with Crippen molar-refractivity contribution in [3.8, 4) is 11.1 Å². The second kappa shape index (κ2) is 10.5. The summed E-state index contributed by atoms with van der Waals surface area (Å²) in [7, 11) is -3.92. The molecule has 0 fully saturated rings. The van der Waals surface area contributed by atoms with Gasteiger partial charge in [0, 0.05) is 35.1 Å². The van der Waals surface area contributed by atoms with Crippen LogP contribution in [0, 0.1) is 17.5 Å². The topological polar surface area (TPSA) is 87.3 Å². The van der Waals surface area contributed by atoms with Crippen molar-refractivity contribution in [1.29, 1.82) is 0 Å². The molecule has 0 atom stereocenters. The maximum absolute atomic E-state index is 13.7. The summed E-state index contributed by atoms with van der Waals surface area (Å²) in [6, 6.07) is 22.0.